The zero-order chi connectivity index (χ0) is 26.6. The number of carbonyl (C=O) groups is 3. The third-order valence-electron chi connectivity index (χ3n) is 7.46. The fourth-order valence-electron chi connectivity index (χ4n) is 5.35. The fourth-order valence-corrected chi connectivity index (χ4v) is 5.35. The molecule has 0 spiro atoms. The van der Waals surface area contributed by atoms with Gasteiger partial charge < -0.3 is 10.6 Å². The van der Waals surface area contributed by atoms with E-state index >= 15 is 4.39 Å². The summed E-state index contributed by atoms with van der Waals surface area (Å²) in [5.41, 5.74) is 8.84. The van der Waals surface area contributed by atoms with Crippen molar-refractivity contribution in [2.24, 2.45) is 0 Å². The molecular weight excluding hydrogens is 494 g/mol. The van der Waals surface area contributed by atoms with E-state index in [1.807, 2.05) is 6.07 Å². The van der Waals surface area contributed by atoms with Crippen LogP contribution in [0.4, 0.5) is 14.6 Å². The normalized spacial score (nSPS) is 19.9. The highest BCUT2D eigenvalue weighted by Gasteiger charge is 2.40. The van der Waals surface area contributed by atoms with E-state index in [4.69, 9.17) is 5.73 Å². The lowest BCUT2D eigenvalue weighted by Crippen LogP contribution is -2.52. The standard InChI is InChI=1S/C27H24F2N6O3/c28-16-2-6-20(31-9-16)15-11-34(12-15)10-14-1-5-21(32-25(14)30)18-4-3-17-19(24(18)29)13-35(27(17)38)22-7-8-23(36)33-26(22)37/h1-6,9,15,22H,7-8,10-13H2,(H2,30,32)(H,33,36,37)/t22-/m1/s1. The summed E-state index contributed by atoms with van der Waals surface area (Å²) >= 11 is 0. The van der Waals surface area contributed by atoms with Crippen molar-refractivity contribution in [2.45, 2.75) is 37.9 Å². The average Bonchev–Trinajstić information content (AvgIpc) is 3.20. The number of nitrogens with zero attached hydrogens (tertiary/aromatic N) is 4. The van der Waals surface area contributed by atoms with Gasteiger partial charge in [-0.25, -0.2) is 13.8 Å². The first kappa shape index (κ1) is 24.1. The number of hydrogen-bond donors (Lipinski definition) is 2. The van der Waals surface area contributed by atoms with Gasteiger partial charge in [0, 0.05) is 59.9 Å². The van der Waals surface area contributed by atoms with Crippen LogP contribution in [-0.4, -0.2) is 56.6 Å². The van der Waals surface area contributed by atoms with Gasteiger partial charge in [0.25, 0.3) is 5.91 Å². The zero-order valence-electron chi connectivity index (χ0n) is 20.3. The molecule has 2 aromatic heterocycles. The minimum absolute atomic E-state index is 0.0628. The van der Waals surface area contributed by atoms with Crippen molar-refractivity contribution in [1.29, 1.82) is 0 Å². The van der Waals surface area contributed by atoms with E-state index in [0.29, 0.717) is 12.2 Å². The molecule has 6 rings (SSSR count). The summed E-state index contributed by atoms with van der Waals surface area (Å²) in [6.45, 7) is 2.03. The summed E-state index contributed by atoms with van der Waals surface area (Å²) in [6.07, 6.45) is 1.55. The summed E-state index contributed by atoms with van der Waals surface area (Å²) in [4.78, 5) is 48.7. The van der Waals surface area contributed by atoms with Crippen LogP contribution in [-0.2, 0) is 22.7 Å². The highest BCUT2D eigenvalue weighted by Crippen LogP contribution is 2.35. The van der Waals surface area contributed by atoms with Crippen molar-refractivity contribution >= 4 is 23.5 Å². The van der Waals surface area contributed by atoms with Gasteiger partial charge in [-0.05, 0) is 36.8 Å². The number of likely N-dealkylation sites (tertiary alicyclic amines) is 1. The molecule has 0 aliphatic carbocycles. The number of halogens is 2. The molecule has 3 aliphatic rings. The van der Waals surface area contributed by atoms with Crippen molar-refractivity contribution in [3.63, 3.8) is 0 Å². The van der Waals surface area contributed by atoms with Crippen LogP contribution in [0.3, 0.4) is 0 Å². The molecule has 0 bridgehead atoms. The van der Waals surface area contributed by atoms with E-state index in [-0.39, 0.29) is 59.5 Å². The molecule has 194 valence electrons. The molecule has 3 amide bonds. The minimum atomic E-state index is -0.816. The largest absolute Gasteiger partial charge is 0.383 e. The Morgan fingerprint density at radius 3 is 2.53 bits per heavy atom. The van der Waals surface area contributed by atoms with E-state index in [2.05, 4.69) is 20.2 Å². The number of aromatic nitrogens is 2. The van der Waals surface area contributed by atoms with Crippen LogP contribution in [0, 0.1) is 11.6 Å². The van der Waals surface area contributed by atoms with Crippen LogP contribution in [0.1, 0.15) is 45.9 Å². The van der Waals surface area contributed by atoms with Gasteiger partial charge in [0.2, 0.25) is 11.8 Å². The van der Waals surface area contributed by atoms with Crippen LogP contribution < -0.4 is 11.1 Å². The highest BCUT2D eigenvalue weighted by molar-refractivity contribution is 6.05. The Kier molecular flexibility index (Phi) is 5.87. The average molecular weight is 519 g/mol. The predicted molar refractivity (Wildman–Crippen MR) is 132 cm³/mol. The summed E-state index contributed by atoms with van der Waals surface area (Å²) in [6, 6.07) is 8.84. The van der Waals surface area contributed by atoms with Crippen molar-refractivity contribution in [2.75, 3.05) is 18.8 Å². The molecule has 1 atom stereocenters. The number of nitrogens with one attached hydrogen (secondary N) is 1. The number of anilines is 1. The number of amides is 3. The summed E-state index contributed by atoms with van der Waals surface area (Å²) < 4.78 is 28.7. The Bertz CT molecular complexity index is 1470. The molecule has 0 radical (unpaired) electrons. The number of hydrogen-bond acceptors (Lipinski definition) is 7. The maximum absolute atomic E-state index is 15.6. The number of carbonyl (C=O) groups excluding carboxylic acids is 3. The lowest BCUT2D eigenvalue weighted by molar-refractivity contribution is -0.136. The highest BCUT2D eigenvalue weighted by atomic mass is 19.1. The minimum Gasteiger partial charge on any atom is -0.383 e. The van der Waals surface area contributed by atoms with Crippen molar-refractivity contribution in [3.05, 3.63) is 76.6 Å². The first-order valence-corrected chi connectivity index (χ1v) is 12.3. The first-order valence-electron chi connectivity index (χ1n) is 12.3. The molecule has 38 heavy (non-hydrogen) atoms. The molecule has 11 heteroatoms. The smallest absolute Gasteiger partial charge is 0.255 e. The lowest BCUT2D eigenvalue weighted by Gasteiger charge is -2.39. The Morgan fingerprint density at radius 1 is 1.03 bits per heavy atom. The number of fused-ring (bicyclic) bond motifs is 1. The number of benzene rings is 1. The van der Waals surface area contributed by atoms with Gasteiger partial charge in [-0.3, -0.25) is 29.6 Å². The predicted octanol–water partition coefficient (Wildman–Crippen LogP) is 2.36. The van der Waals surface area contributed by atoms with Gasteiger partial charge in [-0.1, -0.05) is 6.07 Å². The van der Waals surface area contributed by atoms with Gasteiger partial charge in [0.05, 0.1) is 18.4 Å². The molecule has 0 unspecified atom stereocenters. The van der Waals surface area contributed by atoms with E-state index in [1.54, 1.807) is 12.1 Å². The fraction of sp³-hybridized carbons (Fsp3) is 0.296. The second-order valence-corrected chi connectivity index (χ2v) is 9.89. The molecule has 3 aromatic rings. The van der Waals surface area contributed by atoms with Crippen LogP contribution in [0.25, 0.3) is 11.3 Å². The maximum atomic E-state index is 15.6. The van der Waals surface area contributed by atoms with E-state index in [9.17, 15) is 18.8 Å². The van der Waals surface area contributed by atoms with Crippen molar-refractivity contribution < 1.29 is 23.2 Å². The Labute approximate surface area is 216 Å². The Balaban J connectivity index is 1.16. The van der Waals surface area contributed by atoms with E-state index in [0.717, 1.165) is 24.3 Å². The monoisotopic (exact) mass is 518 g/mol. The Hall–Kier alpha value is -4.25. The number of piperidine rings is 1. The van der Waals surface area contributed by atoms with Gasteiger partial charge in [-0.15, -0.1) is 0 Å². The van der Waals surface area contributed by atoms with Crippen molar-refractivity contribution in [3.8, 4) is 11.3 Å². The van der Waals surface area contributed by atoms with Crippen LogP contribution in [0.15, 0.2) is 42.6 Å². The quantitative estimate of drug-likeness (QED) is 0.498. The SMILES string of the molecule is Nc1nc(-c2ccc3c(c2F)CN([C@@H]2CCC(=O)NC2=O)C3=O)ccc1CN1CC(c2ccc(F)cn2)C1. The molecule has 0 saturated carbocycles. The molecule has 9 nitrogen and oxygen atoms in total. The molecule has 3 aliphatic heterocycles. The number of pyridine rings is 2. The van der Waals surface area contributed by atoms with Gasteiger partial charge in [0.1, 0.15) is 23.5 Å². The molecular formula is C27H24F2N6O3. The zero-order valence-corrected chi connectivity index (χ0v) is 20.3. The van der Waals surface area contributed by atoms with Crippen LogP contribution in [0.5, 0.6) is 0 Å². The number of imide groups is 1. The van der Waals surface area contributed by atoms with Crippen LogP contribution in [0.2, 0.25) is 0 Å². The van der Waals surface area contributed by atoms with E-state index in [1.165, 1.54) is 29.3 Å². The topological polar surface area (TPSA) is 122 Å². The van der Waals surface area contributed by atoms with Crippen molar-refractivity contribution in [1.82, 2.24) is 25.1 Å². The van der Waals surface area contributed by atoms with Crippen LogP contribution >= 0.6 is 0 Å². The maximum Gasteiger partial charge on any atom is 0.255 e. The molecule has 1 aromatic carbocycles. The molecule has 3 N–H and O–H groups in total. The Morgan fingerprint density at radius 2 is 1.82 bits per heavy atom. The first-order chi connectivity index (χ1) is 18.3. The summed E-state index contributed by atoms with van der Waals surface area (Å²) in [5.74, 6) is -1.79. The molecule has 2 saturated heterocycles. The number of nitrogen functional groups attached to an aromatic ring is 1. The molecule has 5 heterocycles. The lowest BCUT2D eigenvalue weighted by atomic mass is 9.95. The third kappa shape index (κ3) is 4.18. The number of rotatable bonds is 5. The summed E-state index contributed by atoms with van der Waals surface area (Å²) in [7, 11) is 0. The second kappa shape index (κ2) is 9.25. The third-order valence-corrected chi connectivity index (χ3v) is 7.46. The number of nitrogens with two attached hydrogens (primary N) is 1. The molecule has 2 fully saturated rings. The van der Waals surface area contributed by atoms with E-state index < -0.39 is 23.7 Å². The second-order valence-electron chi connectivity index (χ2n) is 9.89. The van der Waals surface area contributed by atoms with Gasteiger partial charge in [-0.2, -0.15) is 0 Å². The summed E-state index contributed by atoms with van der Waals surface area (Å²) in [5, 5.41) is 2.24. The van der Waals surface area contributed by atoms with Gasteiger partial charge in [0.15, 0.2) is 0 Å². The van der Waals surface area contributed by atoms with Gasteiger partial charge >= 0.3 is 0 Å².